The summed E-state index contributed by atoms with van der Waals surface area (Å²) in [6.07, 6.45) is 5.53. The number of nitrogens with one attached hydrogen (secondary N) is 2. The van der Waals surface area contributed by atoms with Crippen LogP contribution in [0.4, 0.5) is 11.5 Å². The molecule has 2 amide bonds. The highest BCUT2D eigenvalue weighted by Crippen LogP contribution is 2.47. The van der Waals surface area contributed by atoms with Gasteiger partial charge in [0.25, 0.3) is 0 Å². The normalized spacial score (nSPS) is 19.6. The number of rotatable bonds is 2. The van der Waals surface area contributed by atoms with Gasteiger partial charge in [0.15, 0.2) is 0 Å². The highest BCUT2D eigenvalue weighted by molar-refractivity contribution is 6.09. The largest absolute Gasteiger partial charge is 0.341 e. The molecular weight excluding hydrogens is 450 g/mol. The Morgan fingerprint density at radius 1 is 0.944 bits per heavy atom. The minimum Gasteiger partial charge on any atom is -0.341 e. The molecule has 0 bridgehead atoms. The Hall–Kier alpha value is -4.52. The van der Waals surface area contributed by atoms with E-state index in [9.17, 15) is 9.59 Å². The fourth-order valence-corrected chi connectivity index (χ4v) is 6.38. The van der Waals surface area contributed by atoms with E-state index in [0.717, 1.165) is 44.3 Å². The van der Waals surface area contributed by atoms with Crippen molar-refractivity contribution in [3.8, 4) is 0 Å². The molecular formula is C29H21N5O2. The minimum absolute atomic E-state index is 0.0255. The molecule has 0 radical (unpaired) electrons. The van der Waals surface area contributed by atoms with Crippen molar-refractivity contribution in [1.29, 1.82) is 0 Å². The van der Waals surface area contributed by atoms with E-state index in [2.05, 4.69) is 56.7 Å². The fourth-order valence-electron chi connectivity index (χ4n) is 6.38. The van der Waals surface area contributed by atoms with Gasteiger partial charge in [-0.2, -0.15) is 0 Å². The molecule has 36 heavy (non-hydrogen) atoms. The van der Waals surface area contributed by atoms with Gasteiger partial charge in [0.1, 0.15) is 5.82 Å². The number of carbonyl (C=O) groups is 2. The van der Waals surface area contributed by atoms with E-state index in [4.69, 9.17) is 4.98 Å². The highest BCUT2D eigenvalue weighted by atomic mass is 16.2. The van der Waals surface area contributed by atoms with E-state index in [0.29, 0.717) is 31.6 Å². The van der Waals surface area contributed by atoms with Crippen molar-refractivity contribution in [2.45, 2.75) is 31.2 Å². The lowest BCUT2D eigenvalue weighted by atomic mass is 9.79. The molecule has 0 saturated heterocycles. The quantitative estimate of drug-likeness (QED) is 0.405. The third-order valence-electron chi connectivity index (χ3n) is 7.98. The first-order valence-electron chi connectivity index (χ1n) is 12.2. The van der Waals surface area contributed by atoms with Crippen LogP contribution >= 0.6 is 0 Å². The lowest BCUT2D eigenvalue weighted by Gasteiger charge is -2.20. The van der Waals surface area contributed by atoms with Crippen molar-refractivity contribution in [2.75, 3.05) is 10.6 Å². The second kappa shape index (κ2) is 6.79. The molecule has 0 saturated carbocycles. The Morgan fingerprint density at radius 3 is 2.75 bits per heavy atom. The summed E-state index contributed by atoms with van der Waals surface area (Å²) in [7, 11) is 0. The molecule has 7 heteroatoms. The number of nitrogens with zero attached hydrogens (tertiary/aromatic N) is 3. The Morgan fingerprint density at radius 2 is 1.83 bits per heavy atom. The Kier molecular flexibility index (Phi) is 3.72. The predicted octanol–water partition coefficient (Wildman–Crippen LogP) is 4.12. The van der Waals surface area contributed by atoms with Gasteiger partial charge in [0.2, 0.25) is 11.8 Å². The maximum absolute atomic E-state index is 13.1. The van der Waals surface area contributed by atoms with Crippen LogP contribution in [-0.4, -0.2) is 26.3 Å². The molecule has 174 valence electrons. The van der Waals surface area contributed by atoms with Gasteiger partial charge in [0.05, 0.1) is 40.8 Å². The van der Waals surface area contributed by atoms with Crippen LogP contribution in [0, 0.1) is 0 Å². The molecule has 1 atom stereocenters. The summed E-state index contributed by atoms with van der Waals surface area (Å²) < 4.78 is 2.18. The van der Waals surface area contributed by atoms with Gasteiger partial charge in [-0.05, 0) is 65.9 Å². The monoisotopic (exact) mass is 471 g/mol. The number of aromatic nitrogens is 3. The van der Waals surface area contributed by atoms with Crippen LogP contribution in [0.15, 0.2) is 67.0 Å². The van der Waals surface area contributed by atoms with E-state index < -0.39 is 5.41 Å². The van der Waals surface area contributed by atoms with Crippen LogP contribution in [0.3, 0.4) is 0 Å². The molecule has 1 aliphatic carbocycles. The van der Waals surface area contributed by atoms with E-state index >= 15 is 0 Å². The topological polar surface area (TPSA) is 88.9 Å². The van der Waals surface area contributed by atoms with Crippen LogP contribution < -0.4 is 10.6 Å². The zero-order chi connectivity index (χ0) is 24.0. The van der Waals surface area contributed by atoms with Gasteiger partial charge in [-0.25, -0.2) is 4.98 Å². The third kappa shape index (κ3) is 2.62. The van der Waals surface area contributed by atoms with Gasteiger partial charge in [0, 0.05) is 28.7 Å². The first-order valence-corrected chi connectivity index (χ1v) is 12.2. The average molecular weight is 472 g/mol. The van der Waals surface area contributed by atoms with Crippen molar-refractivity contribution in [2.24, 2.45) is 0 Å². The number of benzene rings is 2. The summed E-state index contributed by atoms with van der Waals surface area (Å²) in [5.74, 6) is 0.741. The smallest absolute Gasteiger partial charge is 0.237 e. The molecule has 3 aromatic heterocycles. The Labute approximate surface area is 206 Å². The first-order chi connectivity index (χ1) is 17.6. The molecule has 8 rings (SSSR count). The van der Waals surface area contributed by atoms with Crippen molar-refractivity contribution >= 4 is 45.1 Å². The first kappa shape index (κ1) is 19.8. The Bertz CT molecular complexity index is 1800. The number of fused-ring (bicyclic) bond motifs is 4. The van der Waals surface area contributed by atoms with E-state index in [1.54, 1.807) is 6.20 Å². The number of pyridine rings is 2. The molecule has 5 heterocycles. The molecule has 2 N–H and O–H groups in total. The van der Waals surface area contributed by atoms with Crippen LogP contribution in [-0.2, 0) is 40.8 Å². The van der Waals surface area contributed by atoms with Crippen molar-refractivity contribution < 1.29 is 9.59 Å². The lowest BCUT2D eigenvalue weighted by Crippen LogP contribution is -2.35. The van der Waals surface area contributed by atoms with Gasteiger partial charge in [-0.1, -0.05) is 18.2 Å². The molecule has 0 unspecified atom stereocenters. The van der Waals surface area contributed by atoms with Crippen LogP contribution in [0.2, 0.25) is 0 Å². The van der Waals surface area contributed by atoms with Crippen LogP contribution in [0.25, 0.3) is 21.8 Å². The summed E-state index contributed by atoms with van der Waals surface area (Å²) in [5.41, 5.74) is 7.70. The molecule has 0 fully saturated rings. The summed E-state index contributed by atoms with van der Waals surface area (Å²) >= 11 is 0. The number of hydrogen-bond donors (Lipinski definition) is 2. The standard InChI is InChI=1S/C29H21N5O2/c35-25-11-19-14-34(24-5-1-4-22(32-25)26(19)24)15-20-7-6-16-9-17-12-29(13-18(17)10-23(16)31-20)21-3-2-8-30-27(21)33-28(29)36/h1-10,14H,11-13,15H2,(H,32,35)(H,30,33,36)/t29-/m0/s1. The number of carbonyl (C=O) groups excluding carboxylic acids is 2. The fraction of sp³-hybridized carbons (Fsp3) is 0.172. The van der Waals surface area contributed by atoms with Gasteiger partial charge < -0.3 is 15.2 Å². The van der Waals surface area contributed by atoms with E-state index in [1.807, 2.05) is 24.3 Å². The summed E-state index contributed by atoms with van der Waals surface area (Å²) in [5, 5.41) is 8.15. The third-order valence-corrected chi connectivity index (χ3v) is 7.98. The van der Waals surface area contributed by atoms with Crippen LogP contribution in [0.1, 0.15) is 27.9 Å². The summed E-state index contributed by atoms with van der Waals surface area (Å²) in [6, 6.07) is 18.5. The molecule has 3 aliphatic rings. The average Bonchev–Trinajstić information content (AvgIpc) is 3.50. The molecule has 2 aromatic carbocycles. The zero-order valence-corrected chi connectivity index (χ0v) is 19.3. The second-order valence-electron chi connectivity index (χ2n) is 10.1. The predicted molar refractivity (Wildman–Crippen MR) is 137 cm³/mol. The van der Waals surface area contributed by atoms with E-state index in [-0.39, 0.29) is 11.8 Å². The molecule has 5 aromatic rings. The van der Waals surface area contributed by atoms with Gasteiger partial charge >= 0.3 is 0 Å². The molecule has 2 aliphatic heterocycles. The van der Waals surface area contributed by atoms with Crippen LogP contribution in [0.5, 0.6) is 0 Å². The molecule has 7 nitrogen and oxygen atoms in total. The summed E-state index contributed by atoms with van der Waals surface area (Å²) in [6.45, 7) is 0.618. The Balaban J connectivity index is 1.17. The number of amides is 2. The zero-order valence-electron chi connectivity index (χ0n) is 19.3. The summed E-state index contributed by atoms with van der Waals surface area (Å²) in [4.78, 5) is 34.5. The lowest BCUT2D eigenvalue weighted by molar-refractivity contribution is -0.120. The van der Waals surface area contributed by atoms with Crippen molar-refractivity contribution in [3.05, 3.63) is 94.9 Å². The van der Waals surface area contributed by atoms with Crippen molar-refractivity contribution in [1.82, 2.24) is 14.5 Å². The number of anilines is 2. The number of hydrogen-bond acceptors (Lipinski definition) is 4. The SMILES string of the molecule is O=C1Cc2cn(Cc3ccc4cc5c(cc4n3)C[C@]3(C5)C(=O)Nc4ncccc43)c3cccc(c23)N1. The van der Waals surface area contributed by atoms with E-state index in [1.165, 1.54) is 11.1 Å². The van der Waals surface area contributed by atoms with Crippen molar-refractivity contribution in [3.63, 3.8) is 0 Å². The maximum Gasteiger partial charge on any atom is 0.237 e. The molecule has 1 spiro atoms. The second-order valence-corrected chi connectivity index (χ2v) is 10.1. The van der Waals surface area contributed by atoms with Gasteiger partial charge in [-0.3, -0.25) is 14.6 Å². The maximum atomic E-state index is 13.1. The van der Waals surface area contributed by atoms with Gasteiger partial charge in [-0.15, -0.1) is 0 Å². The highest BCUT2D eigenvalue weighted by Gasteiger charge is 2.51. The minimum atomic E-state index is -0.581.